The van der Waals surface area contributed by atoms with Crippen molar-refractivity contribution in [2.75, 3.05) is 39.3 Å². The number of nitrogens with zero attached hydrogens (tertiary/aromatic N) is 4. The summed E-state index contributed by atoms with van der Waals surface area (Å²) >= 11 is 1.38. The predicted molar refractivity (Wildman–Crippen MR) is 159 cm³/mol. The maximum atomic E-state index is 12.4. The Morgan fingerprint density at radius 2 is 1.83 bits per heavy atom. The number of pyridine rings is 3. The molecule has 14 nitrogen and oxygen atoms in total. The Hall–Kier alpha value is -4.56. The van der Waals surface area contributed by atoms with E-state index in [2.05, 4.69) is 31.0 Å². The summed E-state index contributed by atoms with van der Waals surface area (Å²) in [6, 6.07) is 6.59. The molecule has 5 N–H and O–H groups in total. The minimum atomic E-state index is -0.565. The van der Waals surface area contributed by atoms with Crippen LogP contribution in [0.5, 0.6) is 11.8 Å². The molecule has 0 radical (unpaired) electrons. The number of hydrazine groups is 1. The van der Waals surface area contributed by atoms with Crippen LogP contribution in [0.2, 0.25) is 0 Å². The lowest BCUT2D eigenvalue weighted by Gasteiger charge is -2.13. The minimum Gasteiger partial charge on any atom is -0.480 e. The SMILES string of the molecule is CCNC(=O)Nc1cc(-c2nc(-c3cccnc3OCCOC)cs2)c(-c2cnc(OC)c(C(=O)NN)c2)cn1.O=P. The predicted octanol–water partition coefficient (Wildman–Crippen LogP) is 3.58. The first kappa shape index (κ1) is 32.0. The summed E-state index contributed by atoms with van der Waals surface area (Å²) in [4.78, 5) is 42.5. The van der Waals surface area contributed by atoms with Crippen molar-refractivity contribution in [1.82, 2.24) is 30.7 Å². The Labute approximate surface area is 247 Å². The van der Waals surface area contributed by atoms with Crippen LogP contribution in [-0.2, 0) is 9.30 Å². The molecule has 0 fully saturated rings. The molecule has 0 saturated carbocycles. The number of urea groups is 1. The van der Waals surface area contributed by atoms with Gasteiger partial charge >= 0.3 is 6.03 Å². The fourth-order valence-corrected chi connectivity index (χ4v) is 4.55. The molecular weight excluding hydrogens is 583 g/mol. The van der Waals surface area contributed by atoms with E-state index in [1.165, 1.54) is 18.4 Å². The molecule has 0 bridgehead atoms. The average molecular weight is 613 g/mol. The standard InChI is InChI=1S/C26H28N8O5S.HOP/c1-4-28-26(36)33-21-11-17(19(13-30-21)15-10-18(22(35)34-27)23(38-3)31-12-15)25-32-20(14-40-25)16-6-5-7-29-24(16)39-9-8-37-2;1-2/h5-7,10-14H,4,8-9,27H2,1-3H3,(H,34,35)(H2,28,30,33,36);2H. The van der Waals surface area contributed by atoms with Crippen LogP contribution in [0.1, 0.15) is 17.3 Å². The average Bonchev–Trinajstić information content (AvgIpc) is 3.52. The van der Waals surface area contributed by atoms with Crippen LogP contribution in [0.15, 0.2) is 48.2 Å². The fourth-order valence-electron chi connectivity index (χ4n) is 3.70. The number of amides is 3. The van der Waals surface area contributed by atoms with Gasteiger partial charge in [-0.25, -0.2) is 30.6 Å². The molecule has 16 heteroatoms. The number of nitrogens with one attached hydrogen (secondary N) is 3. The maximum Gasteiger partial charge on any atom is 0.320 e. The molecule has 0 unspecified atom stereocenters. The van der Waals surface area contributed by atoms with E-state index in [9.17, 15) is 9.59 Å². The van der Waals surface area contributed by atoms with Gasteiger partial charge in [-0.3, -0.25) is 20.1 Å². The van der Waals surface area contributed by atoms with Gasteiger partial charge in [0.1, 0.15) is 32.1 Å². The zero-order chi connectivity index (χ0) is 30.5. The Kier molecular flexibility index (Phi) is 12.2. The molecule has 0 aliphatic carbocycles. The number of nitrogen functional groups attached to an aromatic ring is 1. The number of hydrogen-bond acceptors (Lipinski definition) is 12. The van der Waals surface area contributed by atoms with Crippen molar-refractivity contribution in [3.63, 3.8) is 0 Å². The molecule has 4 aromatic heterocycles. The number of aromatic nitrogens is 4. The van der Waals surface area contributed by atoms with Gasteiger partial charge in [0.2, 0.25) is 11.8 Å². The molecule has 4 heterocycles. The third-order valence-electron chi connectivity index (χ3n) is 5.52. The van der Waals surface area contributed by atoms with E-state index < -0.39 is 11.9 Å². The van der Waals surface area contributed by atoms with Gasteiger partial charge in [0.15, 0.2) is 0 Å². The largest absolute Gasteiger partial charge is 0.480 e. The molecule has 220 valence electrons. The highest BCUT2D eigenvalue weighted by Gasteiger charge is 2.20. The number of anilines is 1. The van der Waals surface area contributed by atoms with Gasteiger partial charge in [-0.1, -0.05) is 0 Å². The highest BCUT2D eigenvalue weighted by atomic mass is 32.1. The van der Waals surface area contributed by atoms with Crippen LogP contribution in [0.25, 0.3) is 33.0 Å². The smallest absolute Gasteiger partial charge is 0.320 e. The fraction of sp³-hybridized carbons (Fsp3) is 0.231. The highest BCUT2D eigenvalue weighted by molar-refractivity contribution is 7.13. The molecule has 0 spiro atoms. The van der Waals surface area contributed by atoms with Crippen molar-refractivity contribution >= 4 is 38.2 Å². The molecule has 0 aliphatic rings. The third kappa shape index (κ3) is 7.79. The topological polar surface area (TPSA) is 193 Å². The van der Waals surface area contributed by atoms with Crippen molar-refractivity contribution in [1.29, 1.82) is 0 Å². The first-order chi connectivity index (χ1) is 20.5. The van der Waals surface area contributed by atoms with Gasteiger partial charge in [0.05, 0.1) is 25.0 Å². The van der Waals surface area contributed by atoms with Crippen molar-refractivity contribution in [2.24, 2.45) is 5.84 Å². The summed E-state index contributed by atoms with van der Waals surface area (Å²) in [6.45, 7) is 3.02. The Morgan fingerprint density at radius 3 is 2.55 bits per heavy atom. The molecule has 0 aromatic carbocycles. The number of ether oxygens (including phenoxy) is 3. The van der Waals surface area contributed by atoms with Crippen molar-refractivity contribution in [2.45, 2.75) is 6.92 Å². The summed E-state index contributed by atoms with van der Waals surface area (Å²) in [7, 11) is 4.73. The summed E-state index contributed by atoms with van der Waals surface area (Å²) < 4.78 is 24.1. The summed E-state index contributed by atoms with van der Waals surface area (Å²) in [5.74, 6) is 5.66. The molecule has 4 rings (SSSR count). The number of thiazole rings is 1. The van der Waals surface area contributed by atoms with Gasteiger partial charge in [-0.2, -0.15) is 0 Å². The lowest BCUT2D eigenvalue weighted by Crippen LogP contribution is -2.30. The van der Waals surface area contributed by atoms with E-state index in [0.717, 1.165) is 0 Å². The number of carbonyl (C=O) groups excluding carboxylic acids is 2. The van der Waals surface area contributed by atoms with Crippen LogP contribution >= 0.6 is 20.5 Å². The summed E-state index contributed by atoms with van der Waals surface area (Å²) in [5.41, 5.74) is 5.44. The van der Waals surface area contributed by atoms with Crippen LogP contribution in [0.4, 0.5) is 10.6 Å². The Balaban J connectivity index is 0.00000237. The summed E-state index contributed by atoms with van der Waals surface area (Å²) in [6.07, 6.45) is 4.78. The number of carbonyl (C=O) groups is 2. The second-order valence-corrected chi connectivity index (χ2v) is 8.95. The van der Waals surface area contributed by atoms with E-state index in [1.807, 2.05) is 18.4 Å². The van der Waals surface area contributed by atoms with Crippen LogP contribution in [0, 0.1) is 0 Å². The number of methoxy groups -OCH3 is 2. The molecule has 0 atom stereocenters. The number of rotatable bonds is 11. The van der Waals surface area contributed by atoms with Gasteiger partial charge in [0, 0.05) is 54.3 Å². The second-order valence-electron chi connectivity index (χ2n) is 8.09. The molecule has 0 aliphatic heterocycles. The van der Waals surface area contributed by atoms with E-state index in [1.54, 1.807) is 53.0 Å². The maximum absolute atomic E-state index is 12.4. The normalized spacial score (nSPS) is 10.2. The zero-order valence-corrected chi connectivity index (χ0v) is 24.8. The highest BCUT2D eigenvalue weighted by Crippen LogP contribution is 2.38. The molecule has 4 aromatic rings. The van der Waals surface area contributed by atoms with Gasteiger partial charge in [0.25, 0.3) is 5.91 Å². The van der Waals surface area contributed by atoms with E-state index in [0.29, 0.717) is 64.4 Å². The van der Waals surface area contributed by atoms with Crippen molar-refractivity contribution in [3.8, 4) is 44.7 Å². The monoisotopic (exact) mass is 612 g/mol. The molecule has 42 heavy (non-hydrogen) atoms. The van der Waals surface area contributed by atoms with E-state index in [4.69, 9.17) is 29.6 Å². The quantitative estimate of drug-likeness (QED) is 0.0636. The second kappa shape index (κ2) is 16.0. The summed E-state index contributed by atoms with van der Waals surface area (Å²) in [5, 5.41) is 7.91. The van der Waals surface area contributed by atoms with E-state index >= 15 is 0 Å². The van der Waals surface area contributed by atoms with Gasteiger partial charge < -0.3 is 19.5 Å². The zero-order valence-electron chi connectivity index (χ0n) is 23.0. The third-order valence-corrected chi connectivity index (χ3v) is 6.40. The van der Waals surface area contributed by atoms with Crippen molar-refractivity contribution < 1.29 is 28.4 Å². The van der Waals surface area contributed by atoms with Crippen LogP contribution in [0.3, 0.4) is 0 Å². The minimum absolute atomic E-state index is 0.116. The van der Waals surface area contributed by atoms with Gasteiger partial charge in [-0.05, 0) is 31.2 Å². The lowest BCUT2D eigenvalue weighted by atomic mass is 10.0. The first-order valence-electron chi connectivity index (χ1n) is 12.3. The van der Waals surface area contributed by atoms with E-state index in [-0.39, 0.29) is 11.4 Å². The Bertz CT molecular complexity index is 1520. The van der Waals surface area contributed by atoms with Crippen LogP contribution in [-0.4, -0.2) is 65.9 Å². The molecule has 3 amide bonds. The number of hydrogen-bond donors (Lipinski definition) is 4. The lowest BCUT2D eigenvalue weighted by molar-refractivity contribution is 0.0950. The first-order valence-corrected chi connectivity index (χ1v) is 13.6. The molecular formula is C26H29N8O6PS. The van der Waals surface area contributed by atoms with Crippen LogP contribution < -0.4 is 31.4 Å². The number of nitrogens with two attached hydrogens (primary N) is 1. The Morgan fingerprint density at radius 1 is 1.02 bits per heavy atom. The van der Waals surface area contributed by atoms with Crippen molar-refractivity contribution in [3.05, 3.63) is 53.8 Å². The molecule has 0 saturated heterocycles. The van der Waals surface area contributed by atoms with Gasteiger partial charge in [-0.15, -0.1) is 11.3 Å².